The van der Waals surface area contributed by atoms with Gasteiger partial charge in [0, 0.05) is 17.7 Å². The molecule has 0 aromatic heterocycles. The van der Waals surface area contributed by atoms with Gasteiger partial charge in [0.1, 0.15) is 17.2 Å². The zero-order valence-corrected chi connectivity index (χ0v) is 14.2. The summed E-state index contributed by atoms with van der Waals surface area (Å²) in [5, 5.41) is 13.0. The minimum atomic E-state index is -0.177. The Labute approximate surface area is 148 Å². The second-order valence-corrected chi connectivity index (χ2v) is 6.28. The molecule has 0 bridgehead atoms. The second-order valence-electron chi connectivity index (χ2n) is 6.28. The van der Waals surface area contributed by atoms with E-state index in [1.54, 1.807) is 6.07 Å². The molecule has 1 unspecified atom stereocenters. The fourth-order valence-corrected chi connectivity index (χ4v) is 2.97. The van der Waals surface area contributed by atoms with Crippen LogP contribution in [0.3, 0.4) is 0 Å². The van der Waals surface area contributed by atoms with Crippen LogP contribution in [0.1, 0.15) is 42.5 Å². The summed E-state index contributed by atoms with van der Waals surface area (Å²) in [6.45, 7) is 0. The molecule has 25 heavy (non-hydrogen) atoms. The lowest BCUT2D eigenvalue weighted by Crippen LogP contribution is -2.35. The molecule has 0 saturated heterocycles. The molecule has 0 spiro atoms. The Morgan fingerprint density at radius 2 is 1.80 bits per heavy atom. The van der Waals surface area contributed by atoms with Crippen molar-refractivity contribution in [2.45, 2.75) is 38.1 Å². The Hall–Kier alpha value is -2.75. The van der Waals surface area contributed by atoms with Gasteiger partial charge in [-0.1, -0.05) is 30.4 Å². The first-order chi connectivity index (χ1) is 12.2. The van der Waals surface area contributed by atoms with Crippen LogP contribution in [0.4, 0.5) is 0 Å². The zero-order valence-electron chi connectivity index (χ0n) is 14.2. The molecular weight excluding hydrogens is 314 g/mol. The monoisotopic (exact) mass is 337 g/mol. The second kappa shape index (κ2) is 8.38. The standard InChI is InChI=1S/C21H23NO3/c23-18-13-16(14-20(15-18)25-19-11-7-4-8-12-19)21(24)22-17-9-5-2-1-3-6-10-17/h1-2,4,7-8,11-15,17,23H,3,5-6,9-10H2,(H,22,24). The van der Waals surface area contributed by atoms with E-state index >= 15 is 0 Å². The van der Waals surface area contributed by atoms with Crippen molar-refractivity contribution in [3.63, 3.8) is 0 Å². The first-order valence-corrected chi connectivity index (χ1v) is 8.73. The van der Waals surface area contributed by atoms with Crippen LogP contribution in [0.15, 0.2) is 60.7 Å². The summed E-state index contributed by atoms with van der Waals surface area (Å²) in [5.41, 5.74) is 0.406. The quantitative estimate of drug-likeness (QED) is 0.788. The highest BCUT2D eigenvalue weighted by molar-refractivity contribution is 5.95. The molecular formula is C21H23NO3. The number of ether oxygens (including phenoxy) is 1. The van der Waals surface area contributed by atoms with Gasteiger partial charge in [-0.3, -0.25) is 4.79 Å². The Morgan fingerprint density at radius 3 is 2.64 bits per heavy atom. The number of para-hydroxylation sites is 1. The van der Waals surface area contributed by atoms with Gasteiger partial charge in [-0.2, -0.15) is 0 Å². The Kier molecular flexibility index (Phi) is 5.73. The van der Waals surface area contributed by atoms with Crippen LogP contribution < -0.4 is 10.1 Å². The normalized spacial score (nSPS) is 17.4. The number of hydrogen-bond acceptors (Lipinski definition) is 3. The topological polar surface area (TPSA) is 58.6 Å². The maximum atomic E-state index is 12.6. The van der Waals surface area contributed by atoms with Crippen LogP contribution in [-0.4, -0.2) is 17.1 Å². The summed E-state index contributed by atoms with van der Waals surface area (Å²) in [7, 11) is 0. The molecule has 0 saturated carbocycles. The van der Waals surface area contributed by atoms with Crippen molar-refractivity contribution in [2.75, 3.05) is 0 Å². The lowest BCUT2D eigenvalue weighted by atomic mass is 10.0. The summed E-state index contributed by atoms with van der Waals surface area (Å²) < 4.78 is 5.73. The van der Waals surface area contributed by atoms with E-state index in [9.17, 15) is 9.90 Å². The van der Waals surface area contributed by atoms with Gasteiger partial charge in [0.05, 0.1) is 0 Å². The average molecular weight is 337 g/mol. The van der Waals surface area contributed by atoms with Crippen LogP contribution in [0.5, 0.6) is 17.2 Å². The molecule has 1 aliphatic rings. The molecule has 1 aliphatic carbocycles. The minimum Gasteiger partial charge on any atom is -0.508 e. The van der Waals surface area contributed by atoms with E-state index in [1.807, 2.05) is 30.3 Å². The fourth-order valence-electron chi connectivity index (χ4n) is 2.97. The van der Waals surface area contributed by atoms with Crippen molar-refractivity contribution in [1.82, 2.24) is 5.32 Å². The van der Waals surface area contributed by atoms with Crippen molar-refractivity contribution >= 4 is 5.91 Å². The molecule has 130 valence electrons. The Balaban J connectivity index is 1.70. The van der Waals surface area contributed by atoms with Gasteiger partial charge in [0.25, 0.3) is 5.91 Å². The van der Waals surface area contributed by atoms with Gasteiger partial charge in [0.15, 0.2) is 0 Å². The van der Waals surface area contributed by atoms with E-state index in [4.69, 9.17) is 4.74 Å². The third-order valence-electron chi connectivity index (χ3n) is 4.24. The van der Waals surface area contributed by atoms with E-state index in [1.165, 1.54) is 12.1 Å². The van der Waals surface area contributed by atoms with Crippen LogP contribution in [0.25, 0.3) is 0 Å². The molecule has 0 fully saturated rings. The number of phenolic OH excluding ortho intramolecular Hbond substituents is 1. The fraction of sp³-hybridized carbons (Fsp3) is 0.286. The van der Waals surface area contributed by atoms with Crippen molar-refractivity contribution in [2.24, 2.45) is 0 Å². The number of aromatic hydroxyl groups is 1. The highest BCUT2D eigenvalue weighted by Gasteiger charge is 2.15. The van der Waals surface area contributed by atoms with E-state index in [0.717, 1.165) is 32.1 Å². The van der Waals surface area contributed by atoms with Crippen molar-refractivity contribution in [1.29, 1.82) is 0 Å². The molecule has 0 aliphatic heterocycles. The van der Waals surface area contributed by atoms with Crippen LogP contribution in [-0.2, 0) is 0 Å². The summed E-state index contributed by atoms with van der Waals surface area (Å²) in [4.78, 5) is 12.6. The molecule has 1 atom stereocenters. The van der Waals surface area contributed by atoms with Gasteiger partial charge in [-0.25, -0.2) is 0 Å². The molecule has 3 rings (SSSR count). The summed E-state index contributed by atoms with van der Waals surface area (Å²) >= 11 is 0. The molecule has 2 N–H and O–H groups in total. The number of benzene rings is 2. The van der Waals surface area contributed by atoms with E-state index in [-0.39, 0.29) is 17.7 Å². The van der Waals surface area contributed by atoms with Gasteiger partial charge in [-0.15, -0.1) is 0 Å². The van der Waals surface area contributed by atoms with Crippen LogP contribution in [0.2, 0.25) is 0 Å². The lowest BCUT2D eigenvalue weighted by molar-refractivity contribution is 0.0931. The van der Waals surface area contributed by atoms with E-state index < -0.39 is 0 Å². The van der Waals surface area contributed by atoms with Gasteiger partial charge in [-0.05, 0) is 56.4 Å². The van der Waals surface area contributed by atoms with Gasteiger partial charge in [0.2, 0.25) is 0 Å². The summed E-state index contributed by atoms with van der Waals surface area (Å²) in [6, 6.07) is 14.1. The highest BCUT2D eigenvalue weighted by Crippen LogP contribution is 2.27. The number of nitrogens with one attached hydrogen (secondary N) is 1. The van der Waals surface area contributed by atoms with E-state index in [2.05, 4.69) is 17.5 Å². The smallest absolute Gasteiger partial charge is 0.251 e. The number of rotatable bonds is 4. The SMILES string of the molecule is O=C(NC1CCC=CCCC1)c1cc(O)cc(Oc2ccccc2)c1. The molecule has 2 aromatic carbocycles. The first-order valence-electron chi connectivity index (χ1n) is 8.73. The minimum absolute atomic E-state index is 0.0131. The molecule has 4 nitrogen and oxygen atoms in total. The third-order valence-corrected chi connectivity index (χ3v) is 4.24. The predicted octanol–water partition coefficient (Wildman–Crippen LogP) is 4.80. The number of carbonyl (C=O) groups is 1. The van der Waals surface area contributed by atoms with Crippen molar-refractivity contribution in [3.05, 3.63) is 66.2 Å². The highest BCUT2D eigenvalue weighted by atomic mass is 16.5. The third kappa shape index (κ3) is 5.11. The number of phenols is 1. The Bertz CT molecular complexity index is 740. The molecule has 2 aromatic rings. The number of hydrogen-bond donors (Lipinski definition) is 2. The average Bonchev–Trinajstić information content (AvgIpc) is 2.57. The van der Waals surface area contributed by atoms with Crippen LogP contribution in [0, 0.1) is 0 Å². The van der Waals surface area contributed by atoms with Crippen LogP contribution >= 0.6 is 0 Å². The molecule has 0 heterocycles. The maximum absolute atomic E-state index is 12.6. The Morgan fingerprint density at radius 1 is 1.00 bits per heavy atom. The summed E-state index contributed by atoms with van der Waals surface area (Å²) in [6.07, 6.45) is 9.42. The zero-order chi connectivity index (χ0) is 17.5. The molecule has 0 radical (unpaired) electrons. The van der Waals surface area contributed by atoms with Crippen molar-refractivity contribution in [3.8, 4) is 17.2 Å². The van der Waals surface area contributed by atoms with Gasteiger partial charge >= 0.3 is 0 Å². The van der Waals surface area contributed by atoms with Gasteiger partial charge < -0.3 is 15.2 Å². The lowest BCUT2D eigenvalue weighted by Gasteiger charge is -2.19. The largest absolute Gasteiger partial charge is 0.508 e. The maximum Gasteiger partial charge on any atom is 0.251 e. The molecule has 1 amide bonds. The number of allylic oxidation sites excluding steroid dienone is 2. The summed E-state index contributed by atoms with van der Waals surface area (Å²) in [5.74, 6) is 0.936. The first kappa shape index (κ1) is 17.1. The van der Waals surface area contributed by atoms with E-state index in [0.29, 0.717) is 17.1 Å². The predicted molar refractivity (Wildman–Crippen MR) is 98.1 cm³/mol. The number of amides is 1. The molecule has 4 heteroatoms. The number of carbonyl (C=O) groups excluding carboxylic acids is 1. The van der Waals surface area contributed by atoms with Crippen molar-refractivity contribution < 1.29 is 14.6 Å².